The van der Waals surface area contributed by atoms with Crippen molar-refractivity contribution in [3.8, 4) is 0 Å². The molecule has 744 valence electrons. The Hall–Kier alpha value is -11.4. The molecule has 0 spiro atoms. The molecule has 13 rings (SSSR count). The number of nitrogens with one attached hydrogen (secondary N) is 9. The number of aliphatic carboxylic acids is 1. The minimum Gasteiger partial charge on any atom is -0.480 e. The molecule has 50 heteroatoms. The average molecular weight is 1900 g/mol. The minimum absolute atomic E-state index is 0.0270. The molecule has 135 heavy (non-hydrogen) atoms. The zero-order valence-electron chi connectivity index (χ0n) is 75.3. The monoisotopic (exact) mass is 1900 g/mol. The van der Waals surface area contributed by atoms with E-state index in [1.54, 1.807) is 0 Å². The van der Waals surface area contributed by atoms with Crippen molar-refractivity contribution in [2.24, 2.45) is 5.73 Å². The van der Waals surface area contributed by atoms with Crippen LogP contribution in [0.2, 0.25) is 0 Å². The van der Waals surface area contributed by atoms with E-state index < -0.39 is 285 Å². The summed E-state index contributed by atoms with van der Waals surface area (Å²) in [6.45, 7) is -4.77. The second-order valence-electron chi connectivity index (χ2n) is 37.3. The van der Waals surface area contributed by atoms with Gasteiger partial charge in [-0.2, -0.15) is 0 Å². The number of carboxylic acids is 1. The van der Waals surface area contributed by atoms with Gasteiger partial charge in [0.1, 0.15) is 85.1 Å². The first-order valence-corrected chi connectivity index (χ1v) is 47.1. The number of rotatable bonds is 33. The van der Waals surface area contributed by atoms with Gasteiger partial charge in [-0.1, -0.05) is 0 Å². The van der Waals surface area contributed by atoms with Crippen LogP contribution in [0.3, 0.4) is 0 Å². The van der Waals surface area contributed by atoms with Gasteiger partial charge in [-0.3, -0.25) is 101 Å². The third-order valence-corrected chi connectivity index (χ3v) is 28.2. The normalized spacial score (nSPS) is 29.6. The number of carbonyl (C=O) groups excluding carboxylic acids is 20. The lowest BCUT2D eigenvalue weighted by atomic mass is 10.1. The van der Waals surface area contributed by atoms with Crippen LogP contribution in [0.1, 0.15) is 148 Å². The maximum absolute atomic E-state index is 14.5. The highest BCUT2D eigenvalue weighted by molar-refractivity contribution is 6.02. The number of carboxylic acid groups (broad SMARTS) is 1. The van der Waals surface area contributed by atoms with Crippen LogP contribution in [0, 0.1) is 0 Å². The molecule has 13 heterocycles. The van der Waals surface area contributed by atoms with Crippen LogP contribution >= 0.6 is 0 Å². The molecule has 20 atom stereocenters. The number of aliphatic hydroxyl groups excluding tert-OH is 6. The highest BCUT2D eigenvalue weighted by atomic mass is 16.4. The Balaban J connectivity index is 0.538. The fourth-order valence-electron chi connectivity index (χ4n) is 21.4. The predicted octanol–water partition coefficient (Wildman–Crippen LogP) is -13.0. The highest BCUT2D eigenvalue weighted by Gasteiger charge is 2.53. The summed E-state index contributed by atoms with van der Waals surface area (Å²) in [4.78, 5) is 304. The third kappa shape index (κ3) is 23.5. The van der Waals surface area contributed by atoms with E-state index in [4.69, 9.17) is 10.8 Å². The molecular weight excluding hydrogens is 1780 g/mol. The third-order valence-electron chi connectivity index (χ3n) is 28.2. The number of nitrogens with two attached hydrogens (primary N) is 1. The standard InChI is InChI=1S/C85H126N22O28/c86-18-2-1-10-51(72(122)88-32-66(115)97-21-5-13-54(97)81(131)104-41-47(110)28-61(104)75(125)93-37-70(119)101-25-9-17-58(101)85(135)107-44-50(113)31-64(107)78(128)94-38-71(120)121)95-79(129)53-12-4-20-96(53)65(114)33-89-74(124)60-27-46(109)40-103(60)82(132)56-15-7-23-99(56)68(117)35-91-77(127)63-30-49(112)43-106(63)84(134)57-16-8-24-100(57)69(118)36-92-76(126)62-29-48(111)42-105(62)83(133)55-14-6-22-98(55)67(116)34-90-73(123)59-26-45(108)39-102(59)80(130)52-11-3-19-87-52/h45-64,87,108-113H,1-44,86H2,(H,88,122)(H,89,124)(H,90,123)(H,91,127)(H,92,126)(H,93,125)(H,94,128)(H,95,129)(H,120,121)/t45-,46-,47-,48-,49-,50-,51+,52+,53+,54+,55+,56+,57+,58+,59+,60+,61+,62+,63+,64+/m1/s1. The molecule has 13 saturated heterocycles. The van der Waals surface area contributed by atoms with Gasteiger partial charge in [0, 0.05) is 117 Å². The Labute approximate surface area is 776 Å². The maximum Gasteiger partial charge on any atom is 0.322 e. The van der Waals surface area contributed by atoms with E-state index in [2.05, 4.69) is 47.9 Å². The smallest absolute Gasteiger partial charge is 0.322 e. The lowest BCUT2D eigenvalue weighted by molar-refractivity contribution is -0.148. The summed E-state index contributed by atoms with van der Waals surface area (Å²) in [6.07, 6.45) is -2.80. The van der Waals surface area contributed by atoms with E-state index >= 15 is 0 Å². The Morgan fingerprint density at radius 1 is 0.281 bits per heavy atom. The van der Waals surface area contributed by atoms with Crippen LogP contribution in [0.5, 0.6) is 0 Å². The maximum atomic E-state index is 14.5. The Morgan fingerprint density at radius 2 is 0.526 bits per heavy atom. The number of unbranched alkanes of at least 4 members (excludes halogenated alkanes) is 1. The first-order valence-electron chi connectivity index (χ1n) is 47.1. The van der Waals surface area contributed by atoms with Crippen LogP contribution in [-0.2, 0) is 101 Å². The van der Waals surface area contributed by atoms with Crippen LogP contribution in [0.4, 0.5) is 0 Å². The second-order valence-corrected chi connectivity index (χ2v) is 37.3. The topological polar surface area (TPSA) is 673 Å². The van der Waals surface area contributed by atoms with E-state index in [0.29, 0.717) is 64.3 Å². The fraction of sp³-hybridized carbons (Fsp3) is 0.753. The molecule has 13 aliphatic heterocycles. The van der Waals surface area contributed by atoms with E-state index in [1.807, 2.05) is 0 Å². The Bertz CT molecular complexity index is 4540. The van der Waals surface area contributed by atoms with Gasteiger partial charge >= 0.3 is 5.97 Å². The van der Waals surface area contributed by atoms with E-state index in [1.165, 1.54) is 34.3 Å². The van der Waals surface area contributed by atoms with E-state index in [-0.39, 0.29) is 174 Å². The molecule has 0 aromatic carbocycles. The van der Waals surface area contributed by atoms with Gasteiger partial charge in [0.25, 0.3) is 0 Å². The molecule has 18 N–H and O–H groups in total. The van der Waals surface area contributed by atoms with Crippen LogP contribution < -0.4 is 53.6 Å². The first kappa shape index (κ1) is 101. The molecule has 0 saturated carbocycles. The average Bonchev–Trinajstić information content (AvgIpc) is 1.66. The molecule has 0 radical (unpaired) electrons. The Morgan fingerprint density at radius 3 is 0.778 bits per heavy atom. The molecule has 0 aliphatic carbocycles. The van der Waals surface area contributed by atoms with Gasteiger partial charge in [0.05, 0.1) is 81.9 Å². The summed E-state index contributed by atoms with van der Waals surface area (Å²) in [5.41, 5.74) is 5.79. The first-order chi connectivity index (χ1) is 64.5. The molecule has 0 bridgehead atoms. The predicted molar refractivity (Wildman–Crippen MR) is 460 cm³/mol. The van der Waals surface area contributed by atoms with Crippen molar-refractivity contribution >= 4 is 124 Å². The molecular formula is C85H126N22O28. The van der Waals surface area contributed by atoms with Crippen LogP contribution in [-0.4, -0.2) is 477 Å². The number of carbonyl (C=O) groups is 21. The summed E-state index contributed by atoms with van der Waals surface area (Å²) in [5, 5.41) is 96.5. The number of hydrogen-bond acceptors (Lipinski definition) is 29. The van der Waals surface area contributed by atoms with Gasteiger partial charge < -0.3 is 148 Å². The van der Waals surface area contributed by atoms with Gasteiger partial charge in [-0.05, 0) is 122 Å². The van der Waals surface area contributed by atoms with Crippen molar-refractivity contribution in [1.82, 2.24) is 107 Å². The molecule has 0 unspecified atom stereocenters. The number of amides is 20. The molecule has 0 aromatic rings. The summed E-state index contributed by atoms with van der Waals surface area (Å²) in [7, 11) is 0. The summed E-state index contributed by atoms with van der Waals surface area (Å²) in [6, 6.07) is -16.0. The lowest BCUT2D eigenvalue weighted by Gasteiger charge is -2.32. The molecule has 50 nitrogen and oxygen atoms in total. The Kier molecular flexibility index (Phi) is 33.7. The van der Waals surface area contributed by atoms with E-state index in [9.17, 15) is 131 Å². The zero-order valence-corrected chi connectivity index (χ0v) is 75.3. The summed E-state index contributed by atoms with van der Waals surface area (Å²) in [5.74, 6) is -15.5. The lowest BCUT2D eigenvalue weighted by Crippen LogP contribution is -2.57. The SMILES string of the molecule is NCCCC[C@H](NC(=O)[C@@H]1CCCN1C(=O)CNC(=O)[C@@H]1C[C@@H](O)CN1C(=O)[C@@H]1CCCN1C(=O)CNC(=O)[C@@H]1C[C@@H](O)CN1C(=O)[C@@H]1CCCN1C(=O)CNC(=O)[C@@H]1C[C@@H](O)CN1C(=O)[C@@H]1CCCN1C(=O)CNC(=O)[C@@H]1C[C@@H](O)CN1C(=O)[C@@H]1CCCN1)C(=O)NCC(=O)N1CCC[C@H]1C(=O)N1C[C@H](O)C[C@H]1C(=O)NCC(=O)N1CCC[C@H]1C(=O)N1C[C@H](O)C[C@H]1C(=O)NCC(=O)O. The van der Waals surface area contributed by atoms with Crippen molar-refractivity contribution in [2.45, 2.75) is 269 Å². The number of aliphatic hydroxyl groups is 6. The van der Waals surface area contributed by atoms with Gasteiger partial charge in [-0.15, -0.1) is 0 Å². The summed E-state index contributed by atoms with van der Waals surface area (Å²) >= 11 is 0. The fourth-order valence-corrected chi connectivity index (χ4v) is 21.4. The van der Waals surface area contributed by atoms with Crippen LogP contribution in [0.25, 0.3) is 0 Å². The molecule has 0 aromatic heterocycles. The number of likely N-dealkylation sites (tertiary alicyclic amines) is 12. The molecule has 20 amide bonds. The largest absolute Gasteiger partial charge is 0.480 e. The number of hydrogen-bond donors (Lipinski definition) is 17. The second kappa shape index (κ2) is 45.0. The van der Waals surface area contributed by atoms with Gasteiger partial charge in [-0.25, -0.2) is 0 Å². The number of nitrogens with zero attached hydrogens (tertiary/aromatic N) is 12. The molecule has 13 fully saturated rings. The highest BCUT2D eigenvalue weighted by Crippen LogP contribution is 2.34. The zero-order chi connectivity index (χ0) is 97.1. The number of β-amino-alcohol motifs (C(OH)–C–C–N with tert-alkyl or cyclic N) is 6. The van der Waals surface area contributed by atoms with E-state index in [0.717, 1.165) is 30.9 Å². The van der Waals surface area contributed by atoms with Crippen molar-refractivity contribution < 1.29 is 136 Å². The van der Waals surface area contributed by atoms with Crippen molar-refractivity contribution in [3.05, 3.63) is 0 Å². The molecule has 13 aliphatic rings. The van der Waals surface area contributed by atoms with Crippen molar-refractivity contribution in [3.63, 3.8) is 0 Å². The van der Waals surface area contributed by atoms with Gasteiger partial charge in [0.2, 0.25) is 118 Å². The quantitative estimate of drug-likeness (QED) is 0.0271. The van der Waals surface area contributed by atoms with Crippen molar-refractivity contribution in [2.75, 3.05) is 137 Å². The summed E-state index contributed by atoms with van der Waals surface area (Å²) < 4.78 is 0. The minimum atomic E-state index is -1.34. The van der Waals surface area contributed by atoms with Crippen molar-refractivity contribution in [1.29, 1.82) is 0 Å². The van der Waals surface area contributed by atoms with Gasteiger partial charge in [0.15, 0.2) is 0 Å². The van der Waals surface area contributed by atoms with Crippen LogP contribution in [0.15, 0.2) is 0 Å².